The summed E-state index contributed by atoms with van der Waals surface area (Å²) in [4.78, 5) is 9.86. The second-order valence-electron chi connectivity index (χ2n) is 13.4. The van der Waals surface area contributed by atoms with E-state index < -0.39 is 5.54 Å². The highest BCUT2D eigenvalue weighted by Gasteiger charge is 2.43. The van der Waals surface area contributed by atoms with Gasteiger partial charge in [0.1, 0.15) is 22.5 Å². The monoisotopic (exact) mass is 691 g/mol. The van der Waals surface area contributed by atoms with Crippen LogP contribution in [0.1, 0.15) is 46.3 Å². The highest BCUT2D eigenvalue weighted by atomic mass is 16.3. The maximum Gasteiger partial charge on any atom is 0.220 e. The maximum absolute atomic E-state index is 6.77. The molecule has 0 bridgehead atoms. The van der Waals surface area contributed by atoms with E-state index >= 15 is 0 Å². The first-order valence-electron chi connectivity index (χ1n) is 18.0. The van der Waals surface area contributed by atoms with Crippen molar-refractivity contribution in [3.63, 3.8) is 0 Å². The van der Waals surface area contributed by atoms with E-state index in [0.717, 1.165) is 79.0 Å². The van der Waals surface area contributed by atoms with Gasteiger partial charge in [-0.25, -0.2) is 14.6 Å². The van der Waals surface area contributed by atoms with Crippen LogP contribution in [0.25, 0.3) is 44.8 Å². The fraction of sp³-hybridized carbons (Fsp3) is 0.133. The van der Waals surface area contributed by atoms with Gasteiger partial charge in [-0.1, -0.05) is 140 Å². The van der Waals surface area contributed by atoms with Gasteiger partial charge in [0.25, 0.3) is 0 Å². The molecule has 258 valence electrons. The standard InChI is InChI=1S/C45H37N7O/c1-4-39-47-41-30(2)28-31(3)46-43(41)51(39)29-32-24-26-33(27-25-32)40-37-22-14-15-23-38(37)53-42(40)44-48-49-50-52(44)45(34-16-8-5-9-17-34,35-18-10-6-11-19-35)36-20-12-7-13-21-36/h5-28H,4,29H2,1-3H3. The number of para-hydroxylation sites is 1. The molecular weight excluding hydrogens is 655 g/mol. The van der Waals surface area contributed by atoms with Gasteiger partial charge in [-0.05, 0) is 69.8 Å². The predicted octanol–water partition coefficient (Wildman–Crippen LogP) is 9.57. The van der Waals surface area contributed by atoms with Crippen molar-refractivity contribution in [2.75, 3.05) is 0 Å². The fourth-order valence-electron chi connectivity index (χ4n) is 7.79. The lowest BCUT2D eigenvalue weighted by Gasteiger charge is -2.36. The molecule has 5 aromatic carbocycles. The number of nitrogens with zero attached hydrogens (tertiary/aromatic N) is 7. The van der Waals surface area contributed by atoms with Crippen molar-refractivity contribution in [1.29, 1.82) is 0 Å². The third kappa shape index (κ3) is 5.33. The molecule has 8 heteroatoms. The summed E-state index contributed by atoms with van der Waals surface area (Å²) in [5, 5.41) is 14.8. The molecule has 0 amide bonds. The zero-order valence-electron chi connectivity index (χ0n) is 29.8. The number of hydrogen-bond donors (Lipinski definition) is 0. The highest BCUT2D eigenvalue weighted by Crippen LogP contribution is 2.45. The lowest BCUT2D eigenvalue weighted by Crippen LogP contribution is -2.39. The molecule has 0 unspecified atom stereocenters. The Balaban J connectivity index is 1.22. The molecule has 9 aromatic rings. The Morgan fingerprint density at radius 3 is 1.91 bits per heavy atom. The van der Waals surface area contributed by atoms with Crippen molar-refractivity contribution in [2.24, 2.45) is 0 Å². The smallest absolute Gasteiger partial charge is 0.220 e. The minimum absolute atomic E-state index is 0.520. The molecule has 0 N–H and O–H groups in total. The zero-order valence-corrected chi connectivity index (χ0v) is 29.8. The molecule has 0 atom stereocenters. The van der Waals surface area contributed by atoms with E-state index in [4.69, 9.17) is 24.7 Å². The van der Waals surface area contributed by atoms with Crippen molar-refractivity contribution in [3.05, 3.63) is 185 Å². The lowest BCUT2D eigenvalue weighted by atomic mass is 9.77. The summed E-state index contributed by atoms with van der Waals surface area (Å²) in [7, 11) is 0. The number of tetrazole rings is 1. The van der Waals surface area contributed by atoms with Crippen LogP contribution in [0.4, 0.5) is 0 Å². The maximum atomic E-state index is 6.77. The Bertz CT molecular complexity index is 2600. The fourth-order valence-corrected chi connectivity index (χ4v) is 7.79. The quantitative estimate of drug-likeness (QED) is 0.140. The van der Waals surface area contributed by atoms with Crippen LogP contribution >= 0.6 is 0 Å². The Hall–Kier alpha value is -6.67. The van der Waals surface area contributed by atoms with Gasteiger partial charge >= 0.3 is 0 Å². The van der Waals surface area contributed by atoms with E-state index in [-0.39, 0.29) is 0 Å². The second kappa shape index (κ2) is 13.1. The van der Waals surface area contributed by atoms with Gasteiger partial charge in [-0.3, -0.25) is 0 Å². The van der Waals surface area contributed by atoms with Gasteiger partial charge in [0, 0.05) is 23.1 Å². The van der Waals surface area contributed by atoms with Crippen LogP contribution in [-0.4, -0.2) is 34.7 Å². The predicted molar refractivity (Wildman–Crippen MR) is 209 cm³/mol. The van der Waals surface area contributed by atoms with Crippen LogP contribution < -0.4 is 0 Å². The van der Waals surface area contributed by atoms with E-state index in [2.05, 4.69) is 133 Å². The molecule has 53 heavy (non-hydrogen) atoms. The topological polar surface area (TPSA) is 87.5 Å². The first-order chi connectivity index (χ1) is 26.1. The summed E-state index contributed by atoms with van der Waals surface area (Å²) >= 11 is 0. The van der Waals surface area contributed by atoms with Crippen LogP contribution in [0, 0.1) is 13.8 Å². The molecule has 9 rings (SSSR count). The molecule has 0 fully saturated rings. The van der Waals surface area contributed by atoms with Crippen molar-refractivity contribution in [3.8, 4) is 22.7 Å². The first-order valence-corrected chi connectivity index (χ1v) is 18.0. The van der Waals surface area contributed by atoms with Crippen LogP contribution in [0.3, 0.4) is 0 Å². The average molecular weight is 692 g/mol. The molecule has 0 aliphatic heterocycles. The van der Waals surface area contributed by atoms with Gasteiger partial charge in [0.2, 0.25) is 5.82 Å². The van der Waals surface area contributed by atoms with E-state index in [0.29, 0.717) is 18.1 Å². The average Bonchev–Trinajstić information content (AvgIpc) is 3.93. The molecule has 0 radical (unpaired) electrons. The lowest BCUT2D eigenvalue weighted by molar-refractivity contribution is 0.446. The summed E-state index contributed by atoms with van der Waals surface area (Å²) in [5.74, 6) is 2.14. The van der Waals surface area contributed by atoms with Crippen molar-refractivity contribution >= 4 is 22.1 Å². The van der Waals surface area contributed by atoms with Crippen molar-refractivity contribution in [2.45, 2.75) is 39.3 Å². The van der Waals surface area contributed by atoms with Crippen LogP contribution in [-0.2, 0) is 18.5 Å². The highest BCUT2D eigenvalue weighted by molar-refractivity contribution is 6.01. The third-order valence-electron chi connectivity index (χ3n) is 10.2. The van der Waals surface area contributed by atoms with Gasteiger partial charge in [-0.15, -0.1) is 5.10 Å². The van der Waals surface area contributed by atoms with Gasteiger partial charge < -0.3 is 8.98 Å². The number of aromatic nitrogens is 7. The molecule has 8 nitrogen and oxygen atoms in total. The molecule has 4 aromatic heterocycles. The number of benzene rings is 5. The van der Waals surface area contributed by atoms with Gasteiger partial charge in [0.15, 0.2) is 11.4 Å². The number of rotatable bonds is 9. The minimum atomic E-state index is -0.919. The second-order valence-corrected chi connectivity index (χ2v) is 13.4. The van der Waals surface area contributed by atoms with E-state index in [1.165, 1.54) is 0 Å². The largest absolute Gasteiger partial charge is 0.452 e. The van der Waals surface area contributed by atoms with Crippen LogP contribution in [0.2, 0.25) is 0 Å². The molecule has 0 saturated heterocycles. The van der Waals surface area contributed by atoms with E-state index in [9.17, 15) is 0 Å². The molecule has 0 spiro atoms. The SMILES string of the molecule is CCc1nc2c(C)cc(C)nc2n1Cc1ccc(-c2c(-c3nnnn3C(c3ccccc3)(c3ccccc3)c3ccccc3)oc3ccccc23)cc1. The van der Waals surface area contributed by atoms with Crippen molar-refractivity contribution < 1.29 is 4.42 Å². The first kappa shape index (κ1) is 32.3. The Kier molecular flexibility index (Phi) is 8.00. The normalized spacial score (nSPS) is 11.8. The van der Waals surface area contributed by atoms with Crippen LogP contribution in [0.15, 0.2) is 150 Å². The third-order valence-corrected chi connectivity index (χ3v) is 10.2. The van der Waals surface area contributed by atoms with E-state index in [1.54, 1.807) is 0 Å². The Morgan fingerprint density at radius 1 is 0.679 bits per heavy atom. The molecule has 4 heterocycles. The van der Waals surface area contributed by atoms with Gasteiger partial charge in [-0.2, -0.15) is 0 Å². The molecule has 0 aliphatic rings. The molecule has 0 saturated carbocycles. The number of imidazole rings is 1. The molecule has 0 aliphatic carbocycles. The van der Waals surface area contributed by atoms with Crippen molar-refractivity contribution in [1.82, 2.24) is 34.7 Å². The van der Waals surface area contributed by atoms with Crippen LogP contribution in [0.5, 0.6) is 0 Å². The summed E-state index contributed by atoms with van der Waals surface area (Å²) in [6, 6.07) is 50.2. The zero-order chi connectivity index (χ0) is 35.9. The minimum Gasteiger partial charge on any atom is -0.452 e. The Labute approximate surface area is 307 Å². The molecular formula is C45H37N7O. The number of aryl methyl sites for hydroxylation is 3. The summed E-state index contributed by atoms with van der Waals surface area (Å²) in [6.45, 7) is 6.96. The number of furan rings is 1. The van der Waals surface area contributed by atoms with E-state index in [1.807, 2.05) is 48.0 Å². The summed E-state index contributed by atoms with van der Waals surface area (Å²) in [6.07, 6.45) is 0.822. The number of hydrogen-bond acceptors (Lipinski definition) is 6. The number of pyridine rings is 1. The number of fused-ring (bicyclic) bond motifs is 2. The Morgan fingerprint density at radius 2 is 1.28 bits per heavy atom. The van der Waals surface area contributed by atoms with Gasteiger partial charge in [0.05, 0.1) is 6.54 Å². The summed E-state index contributed by atoms with van der Waals surface area (Å²) in [5.41, 5.74) is 10.0. The summed E-state index contributed by atoms with van der Waals surface area (Å²) < 4.78 is 10.9.